The molecule has 0 heterocycles. The van der Waals surface area contributed by atoms with Crippen LogP contribution in [0.5, 0.6) is 0 Å². The summed E-state index contributed by atoms with van der Waals surface area (Å²) in [7, 11) is 0. The van der Waals surface area contributed by atoms with Gasteiger partial charge >= 0.3 is 0 Å². The Hall–Kier alpha value is -1.32. The number of halogens is 1. The molecule has 1 aromatic carbocycles. The van der Waals surface area contributed by atoms with Gasteiger partial charge in [-0.15, -0.1) is 6.58 Å². The summed E-state index contributed by atoms with van der Waals surface area (Å²) in [6.45, 7) is 4.46. The van der Waals surface area contributed by atoms with Crippen molar-refractivity contribution in [3.8, 4) is 0 Å². The average Bonchev–Trinajstić information content (AvgIpc) is 2.34. The number of nitrogens with two attached hydrogens (primary N) is 1. The van der Waals surface area contributed by atoms with Crippen LogP contribution < -0.4 is 11.1 Å². The van der Waals surface area contributed by atoms with Crippen molar-refractivity contribution in [2.75, 3.05) is 13.1 Å². The van der Waals surface area contributed by atoms with Gasteiger partial charge in [0.1, 0.15) is 0 Å². The van der Waals surface area contributed by atoms with Gasteiger partial charge in [-0.2, -0.15) is 0 Å². The molecule has 3 N–H and O–H groups in total. The minimum atomic E-state index is -0.0182. The molecule has 0 fully saturated rings. The first kappa shape index (κ1) is 13.7. The van der Waals surface area contributed by atoms with Gasteiger partial charge in [0.05, 0.1) is 0 Å². The van der Waals surface area contributed by atoms with Gasteiger partial charge in [-0.3, -0.25) is 4.79 Å². The molecule has 0 aliphatic rings. The molecule has 1 rings (SSSR count). The Bertz CT molecular complexity index is 376. The molecule has 0 bridgehead atoms. The number of hydrogen-bond donors (Lipinski definition) is 2. The Morgan fingerprint density at radius 3 is 2.65 bits per heavy atom. The third-order valence-electron chi connectivity index (χ3n) is 2.50. The van der Waals surface area contributed by atoms with Gasteiger partial charge < -0.3 is 11.1 Å². The predicted molar refractivity (Wildman–Crippen MR) is 71.1 cm³/mol. The molecule has 4 heteroatoms. The van der Waals surface area contributed by atoms with Crippen LogP contribution in [-0.2, 0) is 4.79 Å². The highest BCUT2D eigenvalue weighted by Gasteiger charge is 2.13. The summed E-state index contributed by atoms with van der Waals surface area (Å²) in [4.78, 5) is 11.6. The van der Waals surface area contributed by atoms with Crippen LogP contribution in [0.25, 0.3) is 0 Å². The zero-order chi connectivity index (χ0) is 12.7. The van der Waals surface area contributed by atoms with Gasteiger partial charge in [-0.25, -0.2) is 0 Å². The predicted octanol–water partition coefficient (Wildman–Crippen LogP) is 2.07. The molecule has 17 heavy (non-hydrogen) atoms. The van der Waals surface area contributed by atoms with Crippen molar-refractivity contribution in [1.29, 1.82) is 0 Å². The molecule has 0 saturated heterocycles. The van der Waals surface area contributed by atoms with Crippen molar-refractivity contribution >= 4 is 17.5 Å². The molecular weight excluding hydrogens is 236 g/mol. The van der Waals surface area contributed by atoms with Crippen LogP contribution in [0.15, 0.2) is 36.9 Å². The first-order valence-corrected chi connectivity index (χ1v) is 5.88. The fourth-order valence-corrected chi connectivity index (χ4v) is 1.68. The second-order valence-electron chi connectivity index (χ2n) is 3.78. The van der Waals surface area contributed by atoms with Crippen LogP contribution >= 0.6 is 11.6 Å². The lowest BCUT2D eigenvalue weighted by Gasteiger charge is -2.14. The molecule has 1 aromatic rings. The maximum Gasteiger partial charge on any atom is 0.220 e. The standard InChI is InChI=1S/C13H17ClN2O/c1-2-7-16-13(17)8-11(9-15)10-3-5-12(14)6-4-10/h2-6,11H,1,7-9,15H2,(H,16,17). The minimum Gasteiger partial charge on any atom is -0.353 e. The Labute approximate surface area is 107 Å². The topological polar surface area (TPSA) is 55.1 Å². The van der Waals surface area contributed by atoms with E-state index in [-0.39, 0.29) is 11.8 Å². The molecule has 1 amide bonds. The lowest BCUT2D eigenvalue weighted by atomic mass is 9.95. The summed E-state index contributed by atoms with van der Waals surface area (Å²) in [5.41, 5.74) is 6.72. The summed E-state index contributed by atoms with van der Waals surface area (Å²) < 4.78 is 0. The highest BCUT2D eigenvalue weighted by molar-refractivity contribution is 6.30. The van der Waals surface area contributed by atoms with Crippen molar-refractivity contribution in [2.45, 2.75) is 12.3 Å². The van der Waals surface area contributed by atoms with E-state index >= 15 is 0 Å². The molecule has 0 radical (unpaired) electrons. The maximum absolute atomic E-state index is 11.6. The van der Waals surface area contributed by atoms with E-state index in [0.717, 1.165) is 5.56 Å². The number of carbonyl (C=O) groups excluding carboxylic acids is 1. The largest absolute Gasteiger partial charge is 0.353 e. The van der Waals surface area contributed by atoms with E-state index in [2.05, 4.69) is 11.9 Å². The van der Waals surface area contributed by atoms with Crippen LogP contribution in [-0.4, -0.2) is 19.0 Å². The van der Waals surface area contributed by atoms with Gasteiger partial charge in [0.2, 0.25) is 5.91 Å². The van der Waals surface area contributed by atoms with Crippen molar-refractivity contribution in [3.05, 3.63) is 47.5 Å². The molecular formula is C13H17ClN2O. The summed E-state index contributed by atoms with van der Waals surface area (Å²) in [5.74, 6) is 0.00684. The van der Waals surface area contributed by atoms with Crippen molar-refractivity contribution in [1.82, 2.24) is 5.32 Å². The van der Waals surface area contributed by atoms with Crippen LogP contribution in [0.2, 0.25) is 5.02 Å². The zero-order valence-corrected chi connectivity index (χ0v) is 10.4. The summed E-state index contributed by atoms with van der Waals surface area (Å²) >= 11 is 5.81. The van der Waals surface area contributed by atoms with Gasteiger partial charge in [-0.1, -0.05) is 29.8 Å². The normalized spacial score (nSPS) is 11.9. The summed E-state index contributed by atoms with van der Waals surface area (Å²) in [5, 5.41) is 3.42. The Balaban J connectivity index is 2.62. The number of benzene rings is 1. The molecule has 3 nitrogen and oxygen atoms in total. The number of carbonyl (C=O) groups is 1. The lowest BCUT2D eigenvalue weighted by Crippen LogP contribution is -2.27. The number of hydrogen-bond acceptors (Lipinski definition) is 2. The Kier molecular flexibility index (Phi) is 5.73. The quantitative estimate of drug-likeness (QED) is 0.762. The fourth-order valence-electron chi connectivity index (χ4n) is 1.55. The van der Waals surface area contributed by atoms with Crippen LogP contribution in [0.1, 0.15) is 17.9 Å². The SMILES string of the molecule is C=CCNC(=O)CC(CN)c1ccc(Cl)cc1. The Morgan fingerprint density at radius 2 is 2.12 bits per heavy atom. The van der Waals surface area contributed by atoms with Crippen molar-refractivity contribution in [2.24, 2.45) is 5.73 Å². The zero-order valence-electron chi connectivity index (χ0n) is 9.66. The van der Waals surface area contributed by atoms with E-state index in [4.69, 9.17) is 17.3 Å². The fraction of sp³-hybridized carbons (Fsp3) is 0.308. The monoisotopic (exact) mass is 252 g/mol. The number of amides is 1. The third-order valence-corrected chi connectivity index (χ3v) is 2.75. The smallest absolute Gasteiger partial charge is 0.220 e. The van der Waals surface area contributed by atoms with E-state index in [1.165, 1.54) is 0 Å². The van der Waals surface area contributed by atoms with Gasteiger partial charge in [0.15, 0.2) is 0 Å². The molecule has 0 aromatic heterocycles. The van der Waals surface area contributed by atoms with E-state index < -0.39 is 0 Å². The molecule has 0 aliphatic carbocycles. The van der Waals surface area contributed by atoms with Crippen LogP contribution in [0.3, 0.4) is 0 Å². The first-order valence-electron chi connectivity index (χ1n) is 5.50. The first-order chi connectivity index (χ1) is 8.17. The van der Waals surface area contributed by atoms with E-state index in [1.807, 2.05) is 12.1 Å². The molecule has 1 unspecified atom stereocenters. The van der Waals surface area contributed by atoms with E-state index in [0.29, 0.717) is 24.5 Å². The van der Waals surface area contributed by atoms with Gasteiger partial charge in [0.25, 0.3) is 0 Å². The highest BCUT2D eigenvalue weighted by atomic mass is 35.5. The summed E-state index contributed by atoms with van der Waals surface area (Å²) in [6.07, 6.45) is 2.03. The number of nitrogens with one attached hydrogen (secondary N) is 1. The molecule has 0 spiro atoms. The van der Waals surface area contributed by atoms with Gasteiger partial charge in [-0.05, 0) is 24.2 Å². The summed E-state index contributed by atoms with van der Waals surface area (Å²) in [6, 6.07) is 7.42. The second-order valence-corrected chi connectivity index (χ2v) is 4.22. The van der Waals surface area contributed by atoms with Gasteiger partial charge in [0, 0.05) is 23.9 Å². The van der Waals surface area contributed by atoms with E-state index in [1.54, 1.807) is 18.2 Å². The molecule has 92 valence electrons. The molecule has 1 atom stereocenters. The molecule has 0 saturated carbocycles. The maximum atomic E-state index is 11.6. The van der Waals surface area contributed by atoms with Crippen LogP contribution in [0.4, 0.5) is 0 Å². The minimum absolute atomic E-state index is 0.0182. The number of rotatable bonds is 6. The average molecular weight is 253 g/mol. The highest BCUT2D eigenvalue weighted by Crippen LogP contribution is 2.20. The second kappa shape index (κ2) is 7.09. The lowest BCUT2D eigenvalue weighted by molar-refractivity contribution is -0.121. The molecule has 0 aliphatic heterocycles. The Morgan fingerprint density at radius 1 is 1.47 bits per heavy atom. The van der Waals surface area contributed by atoms with Crippen LogP contribution in [0, 0.1) is 0 Å². The third kappa shape index (κ3) is 4.59. The van der Waals surface area contributed by atoms with Crippen molar-refractivity contribution < 1.29 is 4.79 Å². The van der Waals surface area contributed by atoms with Crippen molar-refractivity contribution in [3.63, 3.8) is 0 Å². The van der Waals surface area contributed by atoms with E-state index in [9.17, 15) is 4.79 Å².